The molecule has 0 saturated heterocycles. The van der Waals surface area contributed by atoms with Crippen LogP contribution in [-0.4, -0.2) is 23.4 Å². The second-order valence-corrected chi connectivity index (χ2v) is 9.31. The molecule has 5 rings (SSSR count). The number of rotatable bonds is 3. The number of nitrogens with zero attached hydrogens (tertiary/aromatic N) is 1. The van der Waals surface area contributed by atoms with Crippen LogP contribution in [0, 0.1) is 13.8 Å². The van der Waals surface area contributed by atoms with Crippen molar-refractivity contribution in [3.63, 3.8) is 0 Å². The van der Waals surface area contributed by atoms with Crippen LogP contribution in [0.1, 0.15) is 45.7 Å². The van der Waals surface area contributed by atoms with Crippen LogP contribution in [0.15, 0.2) is 75.9 Å². The maximum Gasteiger partial charge on any atom is 0.336 e. The molecule has 1 aliphatic carbocycles. The van der Waals surface area contributed by atoms with Crippen LogP contribution in [-0.2, 0) is 9.53 Å². The Morgan fingerprint density at radius 3 is 2.36 bits per heavy atom. The molecule has 5 nitrogen and oxygen atoms in total. The number of dihydropyridines is 1. The zero-order chi connectivity index (χ0) is 23.4. The molecule has 0 saturated carbocycles. The molecule has 3 aromatic rings. The van der Waals surface area contributed by atoms with Crippen molar-refractivity contribution in [3.05, 3.63) is 104 Å². The van der Waals surface area contributed by atoms with E-state index in [9.17, 15) is 9.59 Å². The molecule has 0 bridgehead atoms. The summed E-state index contributed by atoms with van der Waals surface area (Å²) in [7, 11) is 1.37. The predicted octanol–water partition coefficient (Wildman–Crippen LogP) is 5.60. The minimum atomic E-state index is -0.524. The van der Waals surface area contributed by atoms with Crippen molar-refractivity contribution in [2.75, 3.05) is 7.11 Å². The number of ether oxygens (including phenoxy) is 1. The van der Waals surface area contributed by atoms with Crippen LogP contribution < -0.4 is 5.32 Å². The van der Waals surface area contributed by atoms with E-state index in [0.717, 1.165) is 38.4 Å². The Kier molecular flexibility index (Phi) is 5.13. The first-order valence-corrected chi connectivity index (χ1v) is 11.5. The number of fused-ring (bicyclic) bond motifs is 2. The highest BCUT2D eigenvalue weighted by atomic mass is 79.9. The summed E-state index contributed by atoms with van der Waals surface area (Å²) in [4.78, 5) is 26.6. The van der Waals surface area contributed by atoms with Gasteiger partial charge in [-0.1, -0.05) is 40.2 Å². The topological polar surface area (TPSA) is 60.3 Å². The van der Waals surface area contributed by atoms with E-state index in [1.165, 1.54) is 7.11 Å². The molecule has 1 aliphatic heterocycles. The SMILES string of the molecule is COC(=O)C1=C(C)NC2=C(C(=O)c3ccccc32)[C@@H]1c1cc(C)n(-c2ccc(Br)cc2)c1C. The number of aromatic nitrogens is 1. The molecule has 33 heavy (non-hydrogen) atoms. The first kappa shape index (κ1) is 21.5. The quantitative estimate of drug-likeness (QED) is 0.473. The summed E-state index contributed by atoms with van der Waals surface area (Å²) in [5.74, 6) is -1.02. The number of aryl methyl sites for hydroxylation is 1. The number of carbonyl (C=O) groups is 2. The van der Waals surface area contributed by atoms with Gasteiger partial charge < -0.3 is 14.6 Å². The molecule has 2 aliphatic rings. The zero-order valence-electron chi connectivity index (χ0n) is 18.8. The fourth-order valence-corrected chi connectivity index (χ4v) is 5.35. The van der Waals surface area contributed by atoms with Gasteiger partial charge in [0.05, 0.1) is 24.3 Å². The summed E-state index contributed by atoms with van der Waals surface area (Å²) in [6.45, 7) is 5.93. The van der Waals surface area contributed by atoms with Crippen molar-refractivity contribution in [1.82, 2.24) is 9.88 Å². The summed E-state index contributed by atoms with van der Waals surface area (Å²) >= 11 is 3.50. The van der Waals surface area contributed by atoms with E-state index in [1.54, 1.807) is 0 Å². The molecule has 0 fully saturated rings. The van der Waals surface area contributed by atoms with E-state index in [0.29, 0.717) is 22.4 Å². The van der Waals surface area contributed by atoms with Crippen LogP contribution in [0.3, 0.4) is 0 Å². The third-order valence-corrected chi connectivity index (χ3v) is 7.05. The molecule has 166 valence electrons. The number of methoxy groups -OCH3 is 1. The number of hydrogen-bond donors (Lipinski definition) is 1. The lowest BCUT2D eigenvalue weighted by Gasteiger charge is -2.29. The van der Waals surface area contributed by atoms with Crippen LogP contribution in [0.4, 0.5) is 0 Å². The number of allylic oxidation sites excluding steroid dienone is 2. The van der Waals surface area contributed by atoms with E-state index in [4.69, 9.17) is 4.74 Å². The molecular weight excluding hydrogens is 480 g/mol. The molecule has 1 N–H and O–H groups in total. The lowest BCUT2D eigenvalue weighted by atomic mass is 9.79. The number of halogens is 1. The Labute approximate surface area is 200 Å². The Morgan fingerprint density at radius 2 is 1.70 bits per heavy atom. The smallest absolute Gasteiger partial charge is 0.336 e. The average Bonchev–Trinajstić information content (AvgIpc) is 3.26. The molecule has 1 aromatic heterocycles. The number of ketones is 1. The highest BCUT2D eigenvalue weighted by molar-refractivity contribution is 9.10. The third kappa shape index (κ3) is 3.20. The largest absolute Gasteiger partial charge is 0.466 e. The Hall–Kier alpha value is -3.38. The number of hydrogen-bond acceptors (Lipinski definition) is 4. The Morgan fingerprint density at radius 1 is 1.03 bits per heavy atom. The van der Waals surface area contributed by atoms with E-state index >= 15 is 0 Å². The Bertz CT molecular complexity index is 1390. The minimum Gasteiger partial charge on any atom is -0.466 e. The maximum absolute atomic E-state index is 13.6. The number of carbonyl (C=O) groups excluding carboxylic acids is 2. The summed E-state index contributed by atoms with van der Waals surface area (Å²) in [5.41, 5.74) is 8.00. The van der Waals surface area contributed by atoms with Gasteiger partial charge >= 0.3 is 5.97 Å². The first-order chi connectivity index (χ1) is 15.8. The van der Waals surface area contributed by atoms with Gasteiger partial charge in [-0.05, 0) is 56.7 Å². The van der Waals surface area contributed by atoms with Crippen LogP contribution >= 0.6 is 15.9 Å². The fourth-order valence-electron chi connectivity index (χ4n) is 5.09. The molecule has 0 unspecified atom stereocenters. The molecule has 0 amide bonds. The first-order valence-electron chi connectivity index (χ1n) is 10.7. The van der Waals surface area contributed by atoms with Crippen molar-refractivity contribution in [1.29, 1.82) is 0 Å². The zero-order valence-corrected chi connectivity index (χ0v) is 20.4. The number of Topliss-reactive ketones (excluding diaryl/α,β-unsaturated/α-hetero) is 1. The van der Waals surface area contributed by atoms with Crippen molar-refractivity contribution in [3.8, 4) is 5.69 Å². The molecule has 2 heterocycles. The second kappa shape index (κ2) is 7.89. The van der Waals surface area contributed by atoms with Crippen LogP contribution in [0.25, 0.3) is 11.4 Å². The minimum absolute atomic E-state index is 0.0551. The monoisotopic (exact) mass is 502 g/mol. The van der Waals surface area contributed by atoms with Gasteiger partial charge in [0.1, 0.15) is 0 Å². The number of nitrogens with one attached hydrogen (secondary N) is 1. The van der Waals surface area contributed by atoms with Gasteiger partial charge in [0.15, 0.2) is 5.78 Å². The van der Waals surface area contributed by atoms with Gasteiger partial charge in [-0.15, -0.1) is 0 Å². The van der Waals surface area contributed by atoms with Crippen molar-refractivity contribution < 1.29 is 14.3 Å². The van der Waals surface area contributed by atoms with E-state index in [1.807, 2.05) is 69.3 Å². The lowest BCUT2D eigenvalue weighted by molar-refractivity contribution is -0.136. The van der Waals surface area contributed by atoms with Crippen LogP contribution in [0.5, 0.6) is 0 Å². The van der Waals surface area contributed by atoms with Gasteiger partial charge in [-0.25, -0.2) is 4.79 Å². The number of esters is 1. The second-order valence-electron chi connectivity index (χ2n) is 8.39. The highest BCUT2D eigenvalue weighted by Gasteiger charge is 2.43. The summed E-state index contributed by atoms with van der Waals surface area (Å²) in [5, 5.41) is 3.33. The standard InChI is InChI=1S/C27H23BrN2O3/c1-14-13-21(16(3)30(14)18-11-9-17(28)10-12-18)23-22(27(32)33-4)15(2)29-25-19-7-5-6-8-20(19)26(31)24(23)25/h5-13,23,29H,1-4H3/t23-/m1/s1. The normalized spacial score (nSPS) is 17.1. The van der Waals surface area contributed by atoms with Crippen molar-refractivity contribution >= 4 is 33.4 Å². The van der Waals surface area contributed by atoms with Gasteiger partial charge in [-0.2, -0.15) is 0 Å². The molecule has 2 aromatic carbocycles. The number of benzene rings is 2. The Balaban J connectivity index is 1.75. The molecule has 1 atom stereocenters. The van der Waals surface area contributed by atoms with E-state index in [-0.39, 0.29) is 5.78 Å². The summed E-state index contributed by atoms with van der Waals surface area (Å²) < 4.78 is 8.32. The van der Waals surface area contributed by atoms with Crippen molar-refractivity contribution in [2.45, 2.75) is 26.7 Å². The molecular formula is C27H23BrN2O3. The van der Waals surface area contributed by atoms with Crippen molar-refractivity contribution in [2.24, 2.45) is 0 Å². The van der Waals surface area contributed by atoms with Gasteiger partial charge in [0, 0.05) is 43.9 Å². The van der Waals surface area contributed by atoms with Crippen LogP contribution in [0.2, 0.25) is 0 Å². The van der Waals surface area contributed by atoms with Gasteiger partial charge in [-0.3, -0.25) is 4.79 Å². The third-order valence-electron chi connectivity index (χ3n) is 6.52. The molecule has 0 spiro atoms. The highest BCUT2D eigenvalue weighted by Crippen LogP contribution is 2.48. The van der Waals surface area contributed by atoms with Gasteiger partial charge in [0.25, 0.3) is 0 Å². The average molecular weight is 503 g/mol. The molecule has 0 radical (unpaired) electrons. The summed E-state index contributed by atoms with van der Waals surface area (Å²) in [6.07, 6.45) is 0. The lowest BCUT2D eigenvalue weighted by Crippen LogP contribution is -2.29. The fraction of sp³-hybridized carbons (Fsp3) is 0.185. The van der Waals surface area contributed by atoms with Gasteiger partial charge in [0.2, 0.25) is 0 Å². The maximum atomic E-state index is 13.6. The summed E-state index contributed by atoms with van der Waals surface area (Å²) in [6, 6.07) is 17.7. The molecule has 6 heteroatoms. The predicted molar refractivity (Wildman–Crippen MR) is 131 cm³/mol. The van der Waals surface area contributed by atoms with E-state index < -0.39 is 11.9 Å². The van der Waals surface area contributed by atoms with E-state index in [2.05, 4.69) is 31.9 Å².